The highest BCUT2D eigenvalue weighted by Gasteiger charge is 2.44. The molecule has 1 saturated carbocycles. The smallest absolute Gasteiger partial charge is 0.162 e. The summed E-state index contributed by atoms with van der Waals surface area (Å²) in [7, 11) is 0. The summed E-state index contributed by atoms with van der Waals surface area (Å²) < 4.78 is 32.1. The Morgan fingerprint density at radius 1 is 1.15 bits per heavy atom. The minimum Gasteiger partial charge on any atom is -0.369 e. The van der Waals surface area contributed by atoms with E-state index in [2.05, 4.69) is 9.71 Å². The second-order valence-corrected chi connectivity index (χ2v) is 8.36. The molecule has 3 nitrogen and oxygen atoms in total. The Kier molecular flexibility index (Phi) is 4.97. The molecule has 1 aliphatic heterocycles. The molecule has 138 valence electrons. The normalized spacial score (nSPS) is 18.7. The average molecular weight is 396 g/mol. The molecule has 1 aliphatic carbocycles. The van der Waals surface area contributed by atoms with Gasteiger partial charge < -0.3 is 9.62 Å². The Morgan fingerprint density at radius 3 is 2.62 bits per heavy atom. The number of aromatic nitrogens is 1. The van der Waals surface area contributed by atoms with Gasteiger partial charge in [-0.1, -0.05) is 36.9 Å². The second kappa shape index (κ2) is 7.24. The van der Waals surface area contributed by atoms with Crippen molar-refractivity contribution in [2.45, 2.75) is 37.0 Å². The summed E-state index contributed by atoms with van der Waals surface area (Å²) in [5, 5.41) is -0.0117. The van der Waals surface area contributed by atoms with Gasteiger partial charge in [0.15, 0.2) is 5.82 Å². The largest absolute Gasteiger partial charge is 0.369 e. The fourth-order valence-electron chi connectivity index (χ4n) is 3.97. The number of anilines is 2. The lowest BCUT2D eigenvalue weighted by atomic mass is 9.68. The van der Waals surface area contributed by atoms with Crippen molar-refractivity contribution < 1.29 is 8.78 Å². The quantitative estimate of drug-likeness (QED) is 0.515. The van der Waals surface area contributed by atoms with Crippen LogP contribution >= 0.6 is 23.5 Å². The van der Waals surface area contributed by atoms with E-state index in [9.17, 15) is 8.78 Å². The predicted octanol–water partition coefficient (Wildman–Crippen LogP) is 5.90. The molecule has 1 saturated heterocycles. The van der Waals surface area contributed by atoms with Gasteiger partial charge in [0.05, 0.1) is 5.69 Å². The van der Waals surface area contributed by atoms with E-state index in [1.807, 2.05) is 4.90 Å². The maximum Gasteiger partial charge on any atom is 0.162 e. The van der Waals surface area contributed by atoms with Crippen LogP contribution < -0.4 is 9.62 Å². The van der Waals surface area contributed by atoms with Crippen LogP contribution in [0.15, 0.2) is 35.4 Å². The monoisotopic (exact) mass is 395 g/mol. The lowest BCUT2D eigenvalue weighted by Gasteiger charge is -2.53. The van der Waals surface area contributed by atoms with Crippen LogP contribution in [-0.2, 0) is 0 Å². The Hall–Kier alpha value is -1.53. The van der Waals surface area contributed by atoms with Crippen molar-refractivity contribution in [3.63, 3.8) is 0 Å². The Balaban J connectivity index is 1.50. The van der Waals surface area contributed by atoms with Gasteiger partial charge in [-0.3, -0.25) is 0 Å². The van der Waals surface area contributed by atoms with Crippen molar-refractivity contribution >= 4 is 35.1 Å². The van der Waals surface area contributed by atoms with Crippen LogP contribution in [0.3, 0.4) is 0 Å². The van der Waals surface area contributed by atoms with Crippen molar-refractivity contribution in [1.29, 1.82) is 0 Å². The highest BCUT2D eigenvalue weighted by molar-refractivity contribution is 8.00. The van der Waals surface area contributed by atoms with Crippen LogP contribution in [-0.4, -0.2) is 18.1 Å². The van der Waals surface area contributed by atoms with E-state index < -0.39 is 11.6 Å². The lowest BCUT2D eigenvalue weighted by molar-refractivity contribution is 0.139. The van der Waals surface area contributed by atoms with Gasteiger partial charge in [-0.2, -0.15) is 0 Å². The molecule has 0 bridgehead atoms. The first-order valence-electron chi connectivity index (χ1n) is 8.84. The molecule has 1 N–H and O–H groups in total. The zero-order chi connectivity index (χ0) is 18.1. The van der Waals surface area contributed by atoms with Gasteiger partial charge in [0.2, 0.25) is 0 Å². The molecule has 0 amide bonds. The van der Waals surface area contributed by atoms with Crippen LogP contribution in [0, 0.1) is 17.0 Å². The number of rotatable bonds is 4. The zero-order valence-electron chi connectivity index (χ0n) is 14.3. The number of pyridine rings is 1. The minimum atomic E-state index is -0.723. The summed E-state index contributed by atoms with van der Waals surface area (Å²) >= 11 is 7.09. The van der Waals surface area contributed by atoms with E-state index in [4.69, 9.17) is 11.6 Å². The van der Waals surface area contributed by atoms with Crippen molar-refractivity contribution in [3.8, 4) is 0 Å². The zero-order valence-corrected chi connectivity index (χ0v) is 15.8. The van der Waals surface area contributed by atoms with E-state index in [1.165, 1.54) is 38.2 Å². The van der Waals surface area contributed by atoms with Crippen molar-refractivity contribution in [3.05, 3.63) is 47.1 Å². The van der Waals surface area contributed by atoms with E-state index in [-0.39, 0.29) is 9.92 Å². The third kappa shape index (κ3) is 3.37. The summed E-state index contributed by atoms with van der Waals surface area (Å²) in [4.78, 5) is 5.93. The van der Waals surface area contributed by atoms with Crippen molar-refractivity contribution in [2.75, 3.05) is 22.7 Å². The van der Waals surface area contributed by atoms with Crippen LogP contribution in [0.1, 0.15) is 32.1 Å². The van der Waals surface area contributed by atoms with Gasteiger partial charge in [0, 0.05) is 30.8 Å². The first-order valence-corrected chi connectivity index (χ1v) is 10.0. The molecule has 2 aliphatic rings. The molecule has 26 heavy (non-hydrogen) atoms. The third-order valence-electron chi connectivity index (χ3n) is 5.33. The number of nitrogens with zero attached hydrogens (tertiary/aromatic N) is 2. The molecule has 2 fully saturated rings. The summed E-state index contributed by atoms with van der Waals surface area (Å²) in [6, 6.07) is 6.64. The lowest BCUT2D eigenvalue weighted by Crippen LogP contribution is -2.57. The number of nitrogens with one attached hydrogen (secondary N) is 1. The summed E-state index contributed by atoms with van der Waals surface area (Å²) in [6.45, 7) is 1.68. The molecular weight excluding hydrogens is 376 g/mol. The molecule has 2 heterocycles. The van der Waals surface area contributed by atoms with Gasteiger partial charge in [-0.05, 0) is 36.9 Å². The van der Waals surface area contributed by atoms with E-state index in [0.29, 0.717) is 16.9 Å². The van der Waals surface area contributed by atoms with Crippen LogP contribution in [0.4, 0.5) is 20.3 Å². The van der Waals surface area contributed by atoms with E-state index >= 15 is 0 Å². The van der Waals surface area contributed by atoms with Crippen LogP contribution in [0.2, 0.25) is 5.02 Å². The fourth-order valence-corrected chi connectivity index (χ4v) is 4.97. The second-order valence-electron chi connectivity index (χ2n) is 7.17. The van der Waals surface area contributed by atoms with Gasteiger partial charge in [0.25, 0.3) is 0 Å². The number of benzene rings is 1. The van der Waals surface area contributed by atoms with Crippen LogP contribution in [0.25, 0.3) is 0 Å². The van der Waals surface area contributed by atoms with Crippen LogP contribution in [0.5, 0.6) is 0 Å². The molecule has 1 aromatic carbocycles. The van der Waals surface area contributed by atoms with Gasteiger partial charge in [-0.15, -0.1) is 0 Å². The van der Waals surface area contributed by atoms with Crippen molar-refractivity contribution in [2.24, 2.45) is 5.41 Å². The summed E-state index contributed by atoms with van der Waals surface area (Å²) in [5.41, 5.74) is 0.780. The molecule has 0 radical (unpaired) electrons. The topological polar surface area (TPSA) is 28.2 Å². The molecule has 1 spiro atoms. The molecule has 0 atom stereocenters. The molecule has 0 unspecified atom stereocenters. The average Bonchev–Trinajstić information content (AvgIpc) is 2.64. The van der Waals surface area contributed by atoms with Gasteiger partial charge in [0.1, 0.15) is 21.6 Å². The third-order valence-corrected chi connectivity index (χ3v) is 6.58. The molecule has 7 heteroatoms. The maximum atomic E-state index is 14.7. The maximum absolute atomic E-state index is 14.7. The Bertz CT molecular complexity index is 789. The minimum absolute atomic E-state index is 0.0117. The van der Waals surface area contributed by atoms with Crippen molar-refractivity contribution in [1.82, 2.24) is 4.98 Å². The number of halogens is 3. The van der Waals surface area contributed by atoms with Gasteiger partial charge >= 0.3 is 0 Å². The highest BCUT2D eigenvalue weighted by Crippen LogP contribution is 2.48. The first-order chi connectivity index (χ1) is 12.6. The van der Waals surface area contributed by atoms with Gasteiger partial charge in [-0.25, -0.2) is 13.8 Å². The standard InChI is InChI=1S/C19H20ClF2N3S/c20-16-14(25-11-19(12-25)7-3-1-4-8-19)10-13(21)18(17(16)22)26-24-15-6-2-5-9-23-15/h2,5-6,9-10H,1,3-4,7-8,11-12H2,(H,23,24). The molecular formula is C19H20ClF2N3S. The Labute approximate surface area is 161 Å². The Morgan fingerprint density at radius 2 is 1.92 bits per heavy atom. The number of hydrogen-bond donors (Lipinski definition) is 1. The fraction of sp³-hybridized carbons (Fsp3) is 0.421. The summed E-state index contributed by atoms with van der Waals surface area (Å²) in [5.74, 6) is -0.807. The first kappa shape index (κ1) is 17.9. The molecule has 2 aromatic rings. The molecule has 1 aromatic heterocycles. The van der Waals surface area contributed by atoms with E-state index in [1.54, 1.807) is 24.4 Å². The van der Waals surface area contributed by atoms with E-state index in [0.717, 1.165) is 25.0 Å². The highest BCUT2D eigenvalue weighted by atomic mass is 35.5. The summed E-state index contributed by atoms with van der Waals surface area (Å²) in [6.07, 6.45) is 7.80. The molecule has 4 rings (SSSR count). The predicted molar refractivity (Wildman–Crippen MR) is 103 cm³/mol. The SMILES string of the molecule is Fc1cc(N2CC3(CCCCC3)C2)c(Cl)c(F)c1SNc1ccccn1. The number of hydrogen-bond acceptors (Lipinski definition) is 4.